The Kier molecular flexibility index (Phi) is 25.3. The van der Waals surface area contributed by atoms with Crippen LogP contribution in [0.4, 0.5) is 0 Å². The van der Waals surface area contributed by atoms with Crippen molar-refractivity contribution >= 4 is 40.1 Å². The SMILES string of the molecule is C.CC[C@H]1[C@@H](O)[C@@H]2[C@H](CC[C@]3(C)[C@@H]([C@H](C)CCCC(=O)CS(=O)(=O)c4cnn(CC)c4)CC[C@@H]23)[C@@]2(C)CC[C@@H](O)C[C@@H]12.CC[C@H]1[C@@H](O)[C@@H]2[C@H](CC[C@]3(C)[C@@H]([C@H](C)CCN=C=O)CC[C@@H]23)[C@@]2(C)CC[C@@H](C)C[C@@H]12.CCn1cc(S(N)(=O)=O)cn1.[2H][B].[U]. The van der Waals surface area contributed by atoms with E-state index in [0.717, 1.165) is 57.3 Å². The molecule has 8 aliphatic rings. The number of primary sulfonamides is 1. The van der Waals surface area contributed by atoms with Gasteiger partial charge < -0.3 is 15.3 Å². The number of nitrogens with zero attached hydrogens (tertiary/aromatic N) is 5. The van der Waals surface area contributed by atoms with Crippen LogP contribution in [0.2, 0.25) is 0 Å². The summed E-state index contributed by atoms with van der Waals surface area (Å²) in [4.78, 5) is 27.2. The zero-order chi connectivity index (χ0) is 61.9. The van der Waals surface area contributed by atoms with Gasteiger partial charge in [-0.25, -0.2) is 31.8 Å². The molecule has 0 spiro atoms. The number of rotatable bonds is 17. The third kappa shape index (κ3) is 14.7. The van der Waals surface area contributed by atoms with Crippen LogP contribution in [0.5, 0.6) is 0 Å². The van der Waals surface area contributed by atoms with Crippen LogP contribution in [-0.2, 0) is 42.5 Å². The molecule has 5 N–H and O–H groups in total. The Morgan fingerprint density at radius 3 is 1.61 bits per heavy atom. The van der Waals surface area contributed by atoms with Gasteiger partial charge in [0.05, 0.1) is 37.3 Å². The second kappa shape index (κ2) is 29.7. The number of hydrogen-bond acceptors (Lipinski definition) is 12. The fourth-order valence-electron chi connectivity index (χ4n) is 21.1. The van der Waals surface area contributed by atoms with Crippen LogP contribution >= 0.6 is 0 Å². The first-order chi connectivity index (χ1) is 39.7. The normalized spacial score (nSPS) is 39.6. The molecule has 0 bridgehead atoms. The van der Waals surface area contributed by atoms with Crippen molar-refractivity contribution in [3.63, 3.8) is 0 Å². The van der Waals surface area contributed by atoms with Gasteiger partial charge in [0.2, 0.25) is 16.1 Å². The van der Waals surface area contributed by atoms with E-state index in [1.165, 1.54) is 100 Å². The number of aliphatic imine (C=N–C) groups is 1. The van der Waals surface area contributed by atoms with Crippen molar-refractivity contribution in [3.8, 4) is 0 Å². The number of fused-ring (bicyclic) bond motifs is 10. The van der Waals surface area contributed by atoms with Crippen LogP contribution in [0.25, 0.3) is 0 Å². The Morgan fingerprint density at radius 1 is 0.706 bits per heavy atom. The summed E-state index contributed by atoms with van der Waals surface area (Å²) < 4.78 is 55.1. The number of aliphatic hydroxyl groups is 3. The number of sulfonamides is 1. The Labute approximate surface area is 540 Å². The van der Waals surface area contributed by atoms with E-state index in [-0.39, 0.29) is 89.2 Å². The largest absolute Gasteiger partial charge is 0.393 e. The Bertz CT molecular complexity index is 2790. The molecule has 2 aromatic heterocycles. The summed E-state index contributed by atoms with van der Waals surface area (Å²) in [7, 11) is -3.48. The fraction of sp³-hybridized carbons (Fsp3) is 0.879. The summed E-state index contributed by atoms with van der Waals surface area (Å²) in [6.07, 6.45) is 28.4. The van der Waals surface area contributed by atoms with E-state index in [1.54, 1.807) is 10.8 Å². The average Bonchev–Trinajstić information content (AvgIpc) is 1.16. The van der Waals surface area contributed by atoms with Crippen LogP contribution < -0.4 is 5.14 Å². The van der Waals surface area contributed by atoms with Crippen molar-refractivity contribution in [1.82, 2.24) is 19.6 Å². The molecule has 0 aliphatic heterocycles. The first-order valence-electron chi connectivity index (χ1n) is 33.1. The van der Waals surface area contributed by atoms with Crippen LogP contribution in [0.15, 0.2) is 39.6 Å². The number of sulfone groups is 1. The molecule has 8 fully saturated rings. The van der Waals surface area contributed by atoms with Gasteiger partial charge in [0.1, 0.15) is 21.3 Å². The van der Waals surface area contributed by atoms with Crippen LogP contribution in [0.1, 0.15) is 212 Å². The van der Waals surface area contributed by atoms with Crippen molar-refractivity contribution in [3.05, 3.63) is 24.8 Å². The number of Topliss-reactive ketones (excluding diaryl/α,β-unsaturated/α-hetero) is 1. The number of aliphatic hydroxyl groups excluding tert-OH is 3. The van der Waals surface area contributed by atoms with Gasteiger partial charge in [-0.05, 0) is 222 Å². The molecule has 0 amide bonds. The Balaban J connectivity index is 0.000000262. The zero-order valence-electron chi connectivity index (χ0n) is 54.2. The molecule has 8 aliphatic carbocycles. The zero-order valence-corrected chi connectivity index (χ0v) is 59.0. The van der Waals surface area contributed by atoms with E-state index in [4.69, 9.17) is 6.47 Å². The first-order valence-corrected chi connectivity index (χ1v) is 35.8. The van der Waals surface area contributed by atoms with Crippen LogP contribution in [-0.4, -0.2) is 104 Å². The maximum absolute atomic E-state index is 12.7. The van der Waals surface area contributed by atoms with Crippen LogP contribution in [0, 0.1) is 142 Å². The Morgan fingerprint density at radius 2 is 1.15 bits per heavy atom. The number of carbonyl (C=O) groups excluding carboxylic acids is 2. The van der Waals surface area contributed by atoms with Crippen LogP contribution in [0.3, 0.4) is 0 Å². The summed E-state index contributed by atoms with van der Waals surface area (Å²) in [5.74, 6) is 7.64. The molecule has 22 atom stereocenters. The Hall–Kier alpha value is -1.67. The van der Waals surface area contributed by atoms with E-state index in [2.05, 4.69) is 85.9 Å². The molecule has 15 nitrogen and oxygen atoms in total. The molecule has 0 saturated heterocycles. The van der Waals surface area contributed by atoms with Gasteiger partial charge in [-0.2, -0.15) is 10.2 Å². The summed E-state index contributed by atoms with van der Waals surface area (Å²) in [6, 6.07) is 0. The maximum Gasteiger partial charge on any atom is 0.241 e. The predicted octanol–water partition coefficient (Wildman–Crippen LogP) is 11.5. The second-order valence-corrected chi connectivity index (χ2v) is 32.8. The van der Waals surface area contributed by atoms with E-state index in [1.807, 2.05) is 13.8 Å². The number of isocyanates is 1. The minimum Gasteiger partial charge on any atom is -0.393 e. The van der Waals surface area contributed by atoms with Gasteiger partial charge in [-0.3, -0.25) is 14.2 Å². The monoisotopic (exact) mass is 1450 g/mol. The molecular weight excluding hydrogens is 1330 g/mol. The van der Waals surface area contributed by atoms with E-state index in [9.17, 15) is 41.7 Å². The smallest absolute Gasteiger partial charge is 0.241 e. The summed E-state index contributed by atoms with van der Waals surface area (Å²) in [5.41, 5.74) is 1.19. The second-order valence-electron chi connectivity index (χ2n) is 29.2. The van der Waals surface area contributed by atoms with Crippen molar-refractivity contribution in [2.45, 2.75) is 253 Å². The third-order valence-electron chi connectivity index (χ3n) is 25.4. The number of hydrogen-bond donors (Lipinski definition) is 4. The molecule has 2 aromatic rings. The molecule has 8 saturated carbocycles. The fourth-order valence-corrected chi connectivity index (χ4v) is 22.8. The van der Waals surface area contributed by atoms with Gasteiger partial charge in [-0.1, -0.05) is 95.4 Å². The van der Waals surface area contributed by atoms with Gasteiger partial charge in [0.15, 0.2) is 9.84 Å². The molecule has 0 aromatic carbocycles. The van der Waals surface area contributed by atoms with Crippen molar-refractivity contribution in [1.29, 1.82) is 1.34 Å². The molecule has 480 valence electrons. The van der Waals surface area contributed by atoms with Crippen molar-refractivity contribution < 1.29 is 72.9 Å². The predicted molar refractivity (Wildman–Crippen MR) is 335 cm³/mol. The third-order valence-corrected chi connectivity index (χ3v) is 27.9. The number of aromatic nitrogens is 4. The first kappa shape index (κ1) is 72.4. The summed E-state index contributed by atoms with van der Waals surface area (Å²) in [5, 5.41) is 46.9. The van der Waals surface area contributed by atoms with Crippen molar-refractivity contribution in [2.75, 3.05) is 12.3 Å². The topological polar surface area (TPSA) is 237 Å². The van der Waals surface area contributed by atoms with Gasteiger partial charge in [0, 0.05) is 71.4 Å². The molecular formula is C66H113BN6O9S2U. The molecule has 0 unspecified atom stereocenters. The number of ketones is 1. The minimum absolute atomic E-state index is 0. The van der Waals surface area contributed by atoms with Gasteiger partial charge in [-0.15, -0.1) is 0 Å². The van der Waals surface area contributed by atoms with E-state index >= 15 is 0 Å². The summed E-state index contributed by atoms with van der Waals surface area (Å²) >= 11 is 0. The van der Waals surface area contributed by atoms with E-state index < -0.39 is 25.6 Å². The minimum atomic E-state index is -3.65. The molecule has 2 radical (unpaired) electrons. The average molecular weight is 1450 g/mol. The van der Waals surface area contributed by atoms with Gasteiger partial charge >= 0.3 is 0 Å². The van der Waals surface area contributed by atoms with Gasteiger partial charge in [0.25, 0.3) is 0 Å². The van der Waals surface area contributed by atoms with E-state index in [0.29, 0.717) is 114 Å². The standard InChI is InChI=1S/C33H54N2O5S.C27H45NO2.C5H9N3O2S.CH4.BH.U/c1-6-25-29-17-22(36)13-15-33(29,5)28-14-16-32(4)26(11-12-27(32)30(28)31(25)38)21(3)9-8-10-23(37)20-41(39,40)24-18-34-35(7-2)19-24;1-6-19-23-15-17(2)9-12-27(23,5)22-10-13-26(4)20(18(3)11-14-28-16-29)7-8-21(26)24(22)25(19)30;1-2-8-4-5(3-7-8)11(6,9)10;;;/h18-19,21-22,25-31,36,38H,6-17,20H2,1-5H3;17-25,30H,6-15H2,1-5H3;3-4H,2H2,1H3,(H2,6,9,10);1H4;1H;/t21-,22-,25-,26-,27+,28+,29+,30+,31-,32-,33-;17-,18-,19-,20-,21+,22+,23+,24+,25-,26-,27-;;;;/m11..../s1/i;;;;1D;. The number of aryl methyl sites for hydroxylation is 2. The number of carbonyl (C=O) groups is 1. The summed E-state index contributed by atoms with van der Waals surface area (Å²) in [6.45, 7) is 27.4. The maximum atomic E-state index is 12.7. The molecule has 85 heavy (non-hydrogen) atoms. The molecule has 2 heterocycles. The van der Waals surface area contributed by atoms with Crippen molar-refractivity contribution in [2.24, 2.45) is 121 Å². The number of nitrogens with two attached hydrogens (primary N) is 1. The molecule has 10 rings (SSSR count). The molecule has 19 heteroatoms. The quantitative estimate of drug-likeness (QED) is 0.0660.